The summed E-state index contributed by atoms with van der Waals surface area (Å²) in [5, 5.41) is 19.2. The molecule has 0 aromatic heterocycles. The number of phenolic OH excluding ortho intramolecular Hbond substituents is 2. The lowest BCUT2D eigenvalue weighted by Crippen LogP contribution is -2.32. The predicted octanol–water partition coefficient (Wildman–Crippen LogP) is 20.3. The Morgan fingerprint density at radius 2 is 0.655 bits per heavy atom. The molecule has 0 bridgehead atoms. The Morgan fingerprint density at radius 3 is 0.955 bits per heavy atom. The zero-order chi connectivity index (χ0) is 80.6. The van der Waals surface area contributed by atoms with Crippen molar-refractivity contribution >= 4 is 23.9 Å². The van der Waals surface area contributed by atoms with Crippen LogP contribution in [0.15, 0.2) is 146 Å². The Morgan fingerprint density at radius 1 is 0.355 bits per heavy atom. The summed E-state index contributed by atoms with van der Waals surface area (Å²) in [7, 11) is 8.70. The van der Waals surface area contributed by atoms with Crippen molar-refractivity contribution in [3.8, 4) is 56.8 Å². The average molecular weight is 1510 g/mol. The molecule has 0 fully saturated rings. The van der Waals surface area contributed by atoms with Gasteiger partial charge in [-0.15, -0.1) is 0 Å². The zero-order valence-electron chi connectivity index (χ0n) is 67.6. The van der Waals surface area contributed by atoms with Crippen LogP contribution in [0.5, 0.6) is 34.5 Å². The first kappa shape index (κ1) is 84.2. The van der Waals surface area contributed by atoms with E-state index in [1.54, 1.807) is 62.8 Å². The summed E-state index contributed by atoms with van der Waals surface area (Å²) in [5.74, 6) is 1.79. The quantitative estimate of drug-likeness (QED) is 0.0414. The van der Waals surface area contributed by atoms with Crippen LogP contribution < -0.4 is 18.9 Å². The lowest BCUT2D eigenvalue weighted by Gasteiger charge is -2.29. The average Bonchev–Trinajstić information content (AvgIpc) is 0.912. The molecule has 4 aliphatic rings. The van der Waals surface area contributed by atoms with Crippen LogP contribution >= 0.6 is 0 Å². The summed E-state index contributed by atoms with van der Waals surface area (Å²) in [6.45, 7) is 28.7. The standard InChI is InChI=1S/2C32H37FO4.2C14H18O4/c2*1-31(2,3)28-16-20(8-13-24(28)26-17-22(35-6)12-15-29(26)33)19-37-23-11-9-21-10-14-27(25(21)18-23)32(4,5)30(34)36-7;2*1-14(2,13(16)18-17-3)12-7-5-9-4-6-10(15)8-11(9)12/h2*8-9,11-13,15-18,27H,10,14,19H2,1-7H3;2*4,6,8,12,15H,5,7H2,1-3H3/t2*27-;2*12-/m1010/s1. The van der Waals surface area contributed by atoms with Crippen molar-refractivity contribution in [3.05, 3.63) is 224 Å². The van der Waals surface area contributed by atoms with E-state index in [0.29, 0.717) is 35.8 Å². The van der Waals surface area contributed by atoms with Gasteiger partial charge < -0.3 is 38.6 Å². The maximum atomic E-state index is 14.8. The molecule has 0 heterocycles. The summed E-state index contributed by atoms with van der Waals surface area (Å²) < 4.78 is 62.9. The Kier molecular flexibility index (Phi) is 26.5. The van der Waals surface area contributed by atoms with Gasteiger partial charge >= 0.3 is 23.9 Å². The smallest absolute Gasteiger partial charge is 0.348 e. The monoisotopic (exact) mass is 1510 g/mol. The second-order valence-corrected chi connectivity index (χ2v) is 33.3. The number of esters is 2. The van der Waals surface area contributed by atoms with Gasteiger partial charge in [0.15, 0.2) is 0 Å². The third-order valence-electron chi connectivity index (χ3n) is 22.6. The number of fused-ring (bicyclic) bond motifs is 4. The van der Waals surface area contributed by atoms with Gasteiger partial charge in [0.05, 0.1) is 64.3 Å². The first-order chi connectivity index (χ1) is 51.8. The van der Waals surface area contributed by atoms with Crippen LogP contribution in [0, 0.1) is 33.3 Å². The molecule has 8 aromatic rings. The minimum Gasteiger partial charge on any atom is -0.508 e. The number of halogens is 2. The van der Waals surface area contributed by atoms with Crippen LogP contribution in [0.2, 0.25) is 0 Å². The summed E-state index contributed by atoms with van der Waals surface area (Å²) in [4.78, 5) is 67.0. The number of hydrogen-bond acceptors (Lipinski definition) is 16. The number of ether oxygens (including phenoxy) is 6. The molecule has 2 N–H and O–H groups in total. The fourth-order valence-corrected chi connectivity index (χ4v) is 16.1. The van der Waals surface area contributed by atoms with E-state index in [-0.39, 0.29) is 81.5 Å². The fourth-order valence-electron chi connectivity index (χ4n) is 16.1. The molecular formula is C92H110F2O16. The van der Waals surface area contributed by atoms with Crippen LogP contribution in [0.3, 0.4) is 0 Å². The number of aryl methyl sites for hydroxylation is 4. The number of methoxy groups -OCH3 is 4. The number of phenols is 2. The molecule has 4 aliphatic carbocycles. The molecule has 8 aromatic carbocycles. The van der Waals surface area contributed by atoms with E-state index in [1.165, 1.54) is 62.8 Å². The van der Waals surface area contributed by atoms with E-state index in [9.17, 15) is 38.2 Å². The Balaban J connectivity index is 0.000000178. The summed E-state index contributed by atoms with van der Waals surface area (Å²) in [5.41, 5.74) is 13.1. The maximum Gasteiger partial charge on any atom is 0.348 e. The van der Waals surface area contributed by atoms with Gasteiger partial charge in [-0.3, -0.25) is 19.4 Å². The van der Waals surface area contributed by atoms with Crippen LogP contribution in [-0.2, 0) is 97.9 Å². The lowest BCUT2D eigenvalue weighted by molar-refractivity contribution is -0.264. The minimum absolute atomic E-state index is 0.0437. The van der Waals surface area contributed by atoms with Gasteiger partial charge in [0.2, 0.25) is 0 Å². The maximum absolute atomic E-state index is 14.8. The van der Waals surface area contributed by atoms with Crippen LogP contribution in [0.1, 0.15) is 213 Å². The van der Waals surface area contributed by atoms with Gasteiger partial charge in [-0.25, -0.2) is 18.4 Å². The van der Waals surface area contributed by atoms with E-state index in [2.05, 4.69) is 97.5 Å². The first-order valence-electron chi connectivity index (χ1n) is 37.6. The number of carbonyl (C=O) groups is 4. The van der Waals surface area contributed by atoms with Gasteiger partial charge in [-0.05, 0) is 280 Å². The third-order valence-corrected chi connectivity index (χ3v) is 22.6. The highest BCUT2D eigenvalue weighted by Gasteiger charge is 2.46. The van der Waals surface area contributed by atoms with E-state index < -0.39 is 21.7 Å². The van der Waals surface area contributed by atoms with Crippen LogP contribution in [0.25, 0.3) is 22.3 Å². The van der Waals surface area contributed by atoms with Crippen molar-refractivity contribution in [2.24, 2.45) is 21.7 Å². The van der Waals surface area contributed by atoms with Gasteiger partial charge in [-0.2, -0.15) is 9.78 Å². The van der Waals surface area contributed by atoms with Gasteiger partial charge in [0.1, 0.15) is 59.3 Å². The number of rotatable bonds is 20. The molecule has 0 saturated heterocycles. The minimum atomic E-state index is -0.672. The topological polar surface area (TPSA) is 201 Å². The Labute approximate surface area is 647 Å². The molecule has 12 rings (SSSR count). The van der Waals surface area contributed by atoms with E-state index in [0.717, 1.165) is 119 Å². The Hall–Kier alpha value is -9.78. The van der Waals surface area contributed by atoms with Gasteiger partial charge in [0.25, 0.3) is 0 Å². The highest BCUT2D eigenvalue weighted by molar-refractivity contribution is 5.80. The molecule has 0 spiro atoms. The normalized spacial score (nSPS) is 16.3. The molecule has 18 heteroatoms. The lowest BCUT2D eigenvalue weighted by atomic mass is 9.75. The number of carbonyl (C=O) groups excluding carboxylic acids is 4. The second-order valence-electron chi connectivity index (χ2n) is 33.3. The first-order valence-corrected chi connectivity index (χ1v) is 37.6. The van der Waals surface area contributed by atoms with Crippen molar-refractivity contribution in [3.63, 3.8) is 0 Å². The molecule has 0 radical (unpaired) electrons. The molecular weight excluding hydrogens is 1400 g/mol. The molecule has 110 heavy (non-hydrogen) atoms. The highest BCUT2D eigenvalue weighted by Crippen LogP contribution is 2.52. The SMILES string of the molecule is COC(=O)C(C)(C)[C@@H]1CCc2ccc(OCc3ccc(-c4cc(OC)ccc4F)c(C(C)(C)C)c3)cc21.COC(=O)C(C)(C)[C@H]1CCc2ccc(OCc3ccc(-c4cc(OC)ccc4F)c(C(C)(C)C)c3)cc21.COOC(=O)C(C)(C)[C@@H]1CCc2ccc(O)cc21.COOC(=O)C(C)(C)[C@H]1CCc2ccc(O)cc21. The summed E-state index contributed by atoms with van der Waals surface area (Å²) in [6, 6.07) is 44.8. The van der Waals surface area contributed by atoms with Crippen molar-refractivity contribution in [1.82, 2.24) is 0 Å². The fraction of sp³-hybridized carbons (Fsp3) is 0.435. The van der Waals surface area contributed by atoms with E-state index in [1.807, 2.05) is 104 Å². The largest absolute Gasteiger partial charge is 0.508 e. The molecule has 0 saturated carbocycles. The number of aromatic hydroxyl groups is 2. The molecule has 4 atom stereocenters. The zero-order valence-corrected chi connectivity index (χ0v) is 67.6. The van der Waals surface area contributed by atoms with Crippen LogP contribution in [0.4, 0.5) is 8.78 Å². The second kappa shape index (κ2) is 34.6. The molecule has 0 amide bonds. The van der Waals surface area contributed by atoms with E-state index >= 15 is 0 Å². The van der Waals surface area contributed by atoms with Crippen molar-refractivity contribution in [2.45, 2.75) is 196 Å². The van der Waals surface area contributed by atoms with Crippen molar-refractivity contribution < 1.29 is 86.1 Å². The van der Waals surface area contributed by atoms with Gasteiger partial charge in [-0.1, -0.05) is 102 Å². The number of hydrogen-bond donors (Lipinski definition) is 2. The molecule has 0 unspecified atom stereocenters. The Bertz CT molecular complexity index is 4340. The highest BCUT2D eigenvalue weighted by atomic mass is 19.1. The summed E-state index contributed by atoms with van der Waals surface area (Å²) >= 11 is 0. The third kappa shape index (κ3) is 18.8. The molecule has 588 valence electrons. The van der Waals surface area contributed by atoms with Crippen LogP contribution in [-0.4, -0.2) is 76.7 Å². The van der Waals surface area contributed by atoms with Crippen molar-refractivity contribution in [2.75, 3.05) is 42.7 Å². The molecule has 16 nitrogen and oxygen atoms in total. The van der Waals surface area contributed by atoms with E-state index in [4.69, 9.17) is 28.4 Å². The predicted molar refractivity (Wildman–Crippen MR) is 422 cm³/mol. The van der Waals surface area contributed by atoms with Crippen molar-refractivity contribution in [1.29, 1.82) is 0 Å². The summed E-state index contributed by atoms with van der Waals surface area (Å²) in [6.07, 6.45) is 7.31. The molecule has 0 aliphatic heterocycles. The number of benzene rings is 8. The van der Waals surface area contributed by atoms with Gasteiger partial charge in [0, 0.05) is 34.8 Å².